The van der Waals surface area contributed by atoms with Gasteiger partial charge in [-0.15, -0.1) is 5.10 Å². The van der Waals surface area contributed by atoms with Crippen LogP contribution in [0, 0.1) is 0 Å². The van der Waals surface area contributed by atoms with E-state index in [0.717, 1.165) is 17.2 Å². The molecule has 1 aromatic heterocycles. The molecule has 3 N–H and O–H groups in total. The van der Waals surface area contributed by atoms with Crippen LogP contribution in [-0.4, -0.2) is 28.6 Å². The SMILES string of the molecule is CC(C)c1nnsc1C(=O)NCCOc1ccccc1N. The number of hydrogen-bond acceptors (Lipinski definition) is 6. The molecule has 0 aliphatic carbocycles. The fourth-order valence-electron chi connectivity index (χ4n) is 1.75. The minimum absolute atomic E-state index is 0.168. The summed E-state index contributed by atoms with van der Waals surface area (Å²) in [5.41, 5.74) is 7.07. The Hall–Kier alpha value is -2.15. The first kappa shape index (κ1) is 15.2. The number of nitrogen functional groups attached to an aromatic ring is 1. The second kappa shape index (κ2) is 7.03. The summed E-state index contributed by atoms with van der Waals surface area (Å²) in [5, 5.41) is 6.78. The second-order valence-corrected chi connectivity index (χ2v) is 5.54. The standard InChI is InChI=1S/C14H18N4O2S/c1-9(2)12-13(21-18-17-12)14(19)16-7-8-20-11-6-4-3-5-10(11)15/h3-6,9H,7-8,15H2,1-2H3,(H,16,19). The summed E-state index contributed by atoms with van der Waals surface area (Å²) < 4.78 is 9.35. The molecule has 7 heteroatoms. The molecule has 6 nitrogen and oxygen atoms in total. The normalized spacial score (nSPS) is 10.6. The number of aromatic nitrogens is 2. The van der Waals surface area contributed by atoms with Gasteiger partial charge in [-0.2, -0.15) is 0 Å². The van der Waals surface area contributed by atoms with E-state index in [1.54, 1.807) is 12.1 Å². The molecule has 112 valence electrons. The fraction of sp³-hybridized carbons (Fsp3) is 0.357. The topological polar surface area (TPSA) is 90.1 Å². The van der Waals surface area contributed by atoms with Gasteiger partial charge >= 0.3 is 0 Å². The van der Waals surface area contributed by atoms with Gasteiger partial charge in [0, 0.05) is 0 Å². The molecule has 0 saturated heterocycles. The number of nitrogens with zero attached hydrogens (tertiary/aromatic N) is 2. The van der Waals surface area contributed by atoms with Gasteiger partial charge in [0.25, 0.3) is 5.91 Å². The molecule has 0 atom stereocenters. The molecule has 0 unspecified atom stereocenters. The number of nitrogens with two attached hydrogens (primary N) is 1. The predicted molar refractivity (Wildman–Crippen MR) is 82.7 cm³/mol. The lowest BCUT2D eigenvalue weighted by Crippen LogP contribution is -2.28. The Bertz CT molecular complexity index is 613. The van der Waals surface area contributed by atoms with E-state index >= 15 is 0 Å². The second-order valence-electron chi connectivity index (χ2n) is 4.78. The van der Waals surface area contributed by atoms with Crippen LogP contribution in [0.15, 0.2) is 24.3 Å². The minimum atomic E-state index is -0.168. The molecule has 0 bridgehead atoms. The van der Waals surface area contributed by atoms with Crippen LogP contribution in [0.1, 0.15) is 35.1 Å². The molecule has 0 fully saturated rings. The van der Waals surface area contributed by atoms with Gasteiger partial charge in [-0.1, -0.05) is 30.5 Å². The third-order valence-corrected chi connectivity index (χ3v) is 3.57. The van der Waals surface area contributed by atoms with Crippen molar-refractivity contribution in [3.8, 4) is 5.75 Å². The number of benzene rings is 1. The first-order valence-electron chi connectivity index (χ1n) is 6.67. The van der Waals surface area contributed by atoms with Gasteiger partial charge in [-0.05, 0) is 29.6 Å². The van der Waals surface area contributed by atoms with E-state index < -0.39 is 0 Å². The van der Waals surface area contributed by atoms with Crippen molar-refractivity contribution in [1.82, 2.24) is 14.9 Å². The van der Waals surface area contributed by atoms with E-state index in [-0.39, 0.29) is 11.8 Å². The zero-order valence-electron chi connectivity index (χ0n) is 12.0. The van der Waals surface area contributed by atoms with E-state index in [4.69, 9.17) is 10.5 Å². The summed E-state index contributed by atoms with van der Waals surface area (Å²) in [5.74, 6) is 0.622. The van der Waals surface area contributed by atoms with Crippen molar-refractivity contribution in [3.63, 3.8) is 0 Å². The highest BCUT2D eigenvalue weighted by atomic mass is 32.1. The molecule has 0 aliphatic heterocycles. The highest BCUT2D eigenvalue weighted by molar-refractivity contribution is 7.08. The van der Waals surface area contributed by atoms with Crippen LogP contribution in [0.2, 0.25) is 0 Å². The van der Waals surface area contributed by atoms with Gasteiger partial charge in [0.15, 0.2) is 0 Å². The Morgan fingerprint density at radius 2 is 2.19 bits per heavy atom. The average molecular weight is 306 g/mol. The molecule has 1 heterocycles. The smallest absolute Gasteiger partial charge is 0.265 e. The quantitative estimate of drug-likeness (QED) is 0.629. The molecule has 0 saturated carbocycles. The summed E-state index contributed by atoms with van der Waals surface area (Å²) in [7, 11) is 0. The zero-order chi connectivity index (χ0) is 15.2. The van der Waals surface area contributed by atoms with Crippen molar-refractivity contribution < 1.29 is 9.53 Å². The molecule has 0 aliphatic rings. The zero-order valence-corrected chi connectivity index (χ0v) is 12.8. The van der Waals surface area contributed by atoms with E-state index in [1.807, 2.05) is 26.0 Å². The van der Waals surface area contributed by atoms with E-state index in [1.165, 1.54) is 0 Å². The van der Waals surface area contributed by atoms with Gasteiger partial charge < -0.3 is 15.8 Å². The maximum Gasteiger partial charge on any atom is 0.265 e. The number of ether oxygens (including phenoxy) is 1. The van der Waals surface area contributed by atoms with E-state index in [0.29, 0.717) is 29.5 Å². The van der Waals surface area contributed by atoms with Crippen LogP contribution < -0.4 is 15.8 Å². The lowest BCUT2D eigenvalue weighted by Gasteiger charge is -2.09. The number of anilines is 1. The van der Waals surface area contributed by atoms with Crippen molar-refractivity contribution in [2.75, 3.05) is 18.9 Å². The maximum atomic E-state index is 12.0. The molecule has 0 spiro atoms. The molecule has 1 aromatic carbocycles. The van der Waals surface area contributed by atoms with Gasteiger partial charge in [0.2, 0.25) is 0 Å². The van der Waals surface area contributed by atoms with Crippen molar-refractivity contribution in [1.29, 1.82) is 0 Å². The van der Waals surface area contributed by atoms with Crippen LogP contribution in [0.5, 0.6) is 5.75 Å². The Labute approximate surface area is 127 Å². The third kappa shape index (κ3) is 3.91. The molecule has 1 amide bonds. The number of para-hydroxylation sites is 2. The Kier molecular flexibility index (Phi) is 5.10. The van der Waals surface area contributed by atoms with E-state index in [9.17, 15) is 4.79 Å². The van der Waals surface area contributed by atoms with Crippen molar-refractivity contribution >= 4 is 23.1 Å². The summed E-state index contributed by atoms with van der Waals surface area (Å²) in [6.07, 6.45) is 0. The number of carbonyl (C=O) groups excluding carboxylic acids is 1. The summed E-state index contributed by atoms with van der Waals surface area (Å²) in [4.78, 5) is 12.6. The van der Waals surface area contributed by atoms with Crippen LogP contribution in [0.3, 0.4) is 0 Å². The van der Waals surface area contributed by atoms with Gasteiger partial charge in [-0.25, -0.2) is 0 Å². The van der Waals surface area contributed by atoms with Gasteiger partial charge in [0.1, 0.15) is 17.2 Å². The third-order valence-electron chi connectivity index (χ3n) is 2.83. The van der Waals surface area contributed by atoms with Gasteiger partial charge in [-0.3, -0.25) is 4.79 Å². The fourth-order valence-corrected chi connectivity index (χ4v) is 2.49. The summed E-state index contributed by atoms with van der Waals surface area (Å²) in [6, 6.07) is 7.25. The number of rotatable bonds is 6. The van der Waals surface area contributed by atoms with Crippen molar-refractivity contribution in [3.05, 3.63) is 34.8 Å². The Morgan fingerprint density at radius 3 is 2.90 bits per heavy atom. The molecule has 2 aromatic rings. The maximum absolute atomic E-state index is 12.0. The Morgan fingerprint density at radius 1 is 1.43 bits per heavy atom. The van der Waals surface area contributed by atoms with Crippen LogP contribution >= 0.6 is 11.5 Å². The molecule has 0 radical (unpaired) electrons. The monoisotopic (exact) mass is 306 g/mol. The van der Waals surface area contributed by atoms with Gasteiger partial charge in [0.05, 0.1) is 17.9 Å². The highest BCUT2D eigenvalue weighted by Gasteiger charge is 2.18. The first-order valence-corrected chi connectivity index (χ1v) is 7.44. The molecular formula is C14H18N4O2S. The lowest BCUT2D eigenvalue weighted by atomic mass is 10.1. The number of carbonyl (C=O) groups is 1. The van der Waals surface area contributed by atoms with Crippen molar-refractivity contribution in [2.24, 2.45) is 0 Å². The largest absolute Gasteiger partial charge is 0.490 e. The lowest BCUT2D eigenvalue weighted by molar-refractivity contribution is 0.0949. The summed E-state index contributed by atoms with van der Waals surface area (Å²) in [6.45, 7) is 4.70. The predicted octanol–water partition coefficient (Wildman–Crippen LogP) is 2.05. The van der Waals surface area contributed by atoms with Crippen LogP contribution in [-0.2, 0) is 0 Å². The Balaban J connectivity index is 1.82. The average Bonchev–Trinajstić information content (AvgIpc) is 2.95. The van der Waals surface area contributed by atoms with Crippen LogP contribution in [0.25, 0.3) is 0 Å². The summed E-state index contributed by atoms with van der Waals surface area (Å²) >= 11 is 1.11. The number of amides is 1. The van der Waals surface area contributed by atoms with Crippen molar-refractivity contribution in [2.45, 2.75) is 19.8 Å². The highest BCUT2D eigenvalue weighted by Crippen LogP contribution is 2.20. The molecule has 2 rings (SSSR count). The molecule has 21 heavy (non-hydrogen) atoms. The molecular weight excluding hydrogens is 288 g/mol. The number of nitrogens with one attached hydrogen (secondary N) is 1. The van der Waals surface area contributed by atoms with Crippen LogP contribution in [0.4, 0.5) is 5.69 Å². The van der Waals surface area contributed by atoms with E-state index in [2.05, 4.69) is 14.9 Å². The number of hydrogen-bond donors (Lipinski definition) is 2. The minimum Gasteiger partial charge on any atom is -0.490 e. The first-order chi connectivity index (χ1) is 10.1.